The fraction of sp³-hybridized carbons (Fsp3) is 0.429. The van der Waals surface area contributed by atoms with Gasteiger partial charge in [-0.2, -0.15) is 0 Å². The number of nitrogens with zero attached hydrogens (tertiary/aromatic N) is 1. The maximum Gasteiger partial charge on any atom is 0.256 e. The molecule has 1 aromatic rings. The third kappa shape index (κ3) is 3.14. The molecule has 6 heteroatoms. The molecule has 1 saturated heterocycles. The number of halogens is 1. The highest BCUT2D eigenvalue weighted by Crippen LogP contribution is 2.21. The molecule has 0 saturated carbocycles. The predicted molar refractivity (Wildman–Crippen MR) is 73.8 cm³/mol. The lowest BCUT2D eigenvalue weighted by Gasteiger charge is -2.17. The van der Waals surface area contributed by atoms with Crippen molar-refractivity contribution in [3.8, 4) is 0 Å². The first-order valence-corrected chi connectivity index (χ1v) is 6.57. The van der Waals surface area contributed by atoms with Crippen LogP contribution >= 0.6 is 0 Å². The summed E-state index contributed by atoms with van der Waals surface area (Å²) in [5.41, 5.74) is 5.98. The maximum absolute atomic E-state index is 13.8. The van der Waals surface area contributed by atoms with Crippen LogP contribution in [0.4, 0.5) is 10.1 Å². The Bertz CT molecular complexity index is 533. The van der Waals surface area contributed by atoms with Crippen molar-refractivity contribution in [2.75, 3.05) is 25.0 Å². The van der Waals surface area contributed by atoms with E-state index >= 15 is 0 Å². The molecule has 1 aliphatic heterocycles. The molecular weight excluding hydrogens is 261 g/mol. The van der Waals surface area contributed by atoms with E-state index in [2.05, 4.69) is 5.32 Å². The monoisotopic (exact) mass is 279 g/mol. The summed E-state index contributed by atoms with van der Waals surface area (Å²) in [4.78, 5) is 24.9. The molecule has 108 valence electrons. The van der Waals surface area contributed by atoms with Crippen molar-refractivity contribution in [1.29, 1.82) is 0 Å². The zero-order valence-corrected chi connectivity index (χ0v) is 11.4. The van der Waals surface area contributed by atoms with Crippen LogP contribution in [0.15, 0.2) is 18.2 Å². The highest BCUT2D eigenvalue weighted by atomic mass is 19.1. The third-order valence-corrected chi connectivity index (χ3v) is 3.42. The van der Waals surface area contributed by atoms with Gasteiger partial charge in [-0.3, -0.25) is 9.59 Å². The van der Waals surface area contributed by atoms with Crippen LogP contribution in [0.5, 0.6) is 0 Å². The average molecular weight is 279 g/mol. The van der Waals surface area contributed by atoms with Gasteiger partial charge in [0, 0.05) is 25.7 Å². The van der Waals surface area contributed by atoms with Crippen LogP contribution in [-0.2, 0) is 4.79 Å². The Morgan fingerprint density at radius 1 is 1.50 bits per heavy atom. The molecule has 3 N–H and O–H groups in total. The SMILES string of the molecule is CC(=O)Nc1ccc(F)c(C(=O)N2CCC(CN)C2)c1. The summed E-state index contributed by atoms with van der Waals surface area (Å²) in [6.45, 7) is 3.03. The van der Waals surface area contributed by atoms with Gasteiger partial charge in [0.1, 0.15) is 5.82 Å². The average Bonchev–Trinajstić information content (AvgIpc) is 2.88. The van der Waals surface area contributed by atoms with Crippen molar-refractivity contribution in [1.82, 2.24) is 4.90 Å². The van der Waals surface area contributed by atoms with Crippen molar-refractivity contribution in [3.05, 3.63) is 29.6 Å². The number of hydrogen-bond donors (Lipinski definition) is 2. The second-order valence-electron chi connectivity index (χ2n) is 5.02. The Balaban J connectivity index is 2.18. The predicted octanol–water partition coefficient (Wildman–Crippen LogP) is 1.20. The van der Waals surface area contributed by atoms with Crippen molar-refractivity contribution in [2.45, 2.75) is 13.3 Å². The van der Waals surface area contributed by atoms with E-state index < -0.39 is 5.82 Å². The lowest BCUT2D eigenvalue weighted by molar-refractivity contribution is -0.114. The van der Waals surface area contributed by atoms with Crippen LogP contribution in [0.3, 0.4) is 0 Å². The lowest BCUT2D eigenvalue weighted by Crippen LogP contribution is -2.30. The number of anilines is 1. The van der Waals surface area contributed by atoms with Gasteiger partial charge in [0.15, 0.2) is 0 Å². The molecule has 1 unspecified atom stereocenters. The van der Waals surface area contributed by atoms with Gasteiger partial charge in [0.05, 0.1) is 5.56 Å². The summed E-state index contributed by atoms with van der Waals surface area (Å²) in [6, 6.07) is 3.99. The lowest BCUT2D eigenvalue weighted by atomic mass is 10.1. The minimum Gasteiger partial charge on any atom is -0.338 e. The van der Waals surface area contributed by atoms with E-state index in [9.17, 15) is 14.0 Å². The number of benzene rings is 1. The first-order valence-electron chi connectivity index (χ1n) is 6.57. The number of carbonyl (C=O) groups excluding carboxylic acids is 2. The largest absolute Gasteiger partial charge is 0.338 e. The van der Waals surface area contributed by atoms with E-state index in [4.69, 9.17) is 5.73 Å². The molecule has 5 nitrogen and oxygen atoms in total. The van der Waals surface area contributed by atoms with Gasteiger partial charge >= 0.3 is 0 Å². The van der Waals surface area contributed by atoms with Gasteiger partial charge in [-0.25, -0.2) is 4.39 Å². The van der Waals surface area contributed by atoms with Gasteiger partial charge in [0.25, 0.3) is 5.91 Å². The quantitative estimate of drug-likeness (QED) is 0.873. The van der Waals surface area contributed by atoms with E-state index in [0.29, 0.717) is 25.3 Å². The molecule has 1 aliphatic rings. The molecule has 0 aromatic heterocycles. The molecule has 1 fully saturated rings. The van der Waals surface area contributed by atoms with Gasteiger partial charge in [-0.05, 0) is 37.1 Å². The Hall–Kier alpha value is -1.95. The van der Waals surface area contributed by atoms with Crippen molar-refractivity contribution >= 4 is 17.5 Å². The Morgan fingerprint density at radius 3 is 2.85 bits per heavy atom. The number of hydrogen-bond acceptors (Lipinski definition) is 3. The zero-order valence-electron chi connectivity index (χ0n) is 11.4. The standard InChI is InChI=1S/C14H18FN3O2/c1-9(19)17-11-2-3-13(15)12(6-11)14(20)18-5-4-10(7-16)8-18/h2-3,6,10H,4-5,7-8,16H2,1H3,(H,17,19). The zero-order chi connectivity index (χ0) is 14.7. The van der Waals surface area contributed by atoms with Gasteiger partial charge in [0.2, 0.25) is 5.91 Å². The first kappa shape index (κ1) is 14.5. The number of carbonyl (C=O) groups is 2. The molecule has 1 aromatic carbocycles. The smallest absolute Gasteiger partial charge is 0.256 e. The van der Waals surface area contributed by atoms with Crippen LogP contribution in [0.25, 0.3) is 0 Å². The molecule has 2 rings (SSSR count). The molecule has 20 heavy (non-hydrogen) atoms. The molecule has 2 amide bonds. The number of rotatable bonds is 3. The molecule has 1 atom stereocenters. The van der Waals surface area contributed by atoms with Crippen LogP contribution in [-0.4, -0.2) is 36.3 Å². The van der Waals surface area contributed by atoms with Crippen molar-refractivity contribution in [3.63, 3.8) is 0 Å². The minimum atomic E-state index is -0.583. The highest BCUT2D eigenvalue weighted by molar-refractivity contribution is 5.97. The minimum absolute atomic E-state index is 0.0195. The maximum atomic E-state index is 13.8. The third-order valence-electron chi connectivity index (χ3n) is 3.42. The molecule has 1 heterocycles. The molecular formula is C14H18FN3O2. The van der Waals surface area contributed by atoms with E-state index in [-0.39, 0.29) is 23.3 Å². The highest BCUT2D eigenvalue weighted by Gasteiger charge is 2.27. The van der Waals surface area contributed by atoms with Crippen molar-refractivity contribution < 1.29 is 14.0 Å². The summed E-state index contributed by atoms with van der Waals surface area (Å²) in [7, 11) is 0. The number of nitrogens with two attached hydrogens (primary N) is 1. The second kappa shape index (κ2) is 6.00. The van der Waals surface area contributed by atoms with Crippen LogP contribution in [0.1, 0.15) is 23.7 Å². The van der Waals surface area contributed by atoms with Crippen LogP contribution < -0.4 is 11.1 Å². The Kier molecular flexibility index (Phi) is 4.34. The molecule has 0 spiro atoms. The summed E-state index contributed by atoms with van der Waals surface area (Å²) in [6.07, 6.45) is 0.843. The number of nitrogens with one attached hydrogen (secondary N) is 1. The Morgan fingerprint density at radius 2 is 2.25 bits per heavy atom. The number of amides is 2. The van der Waals surface area contributed by atoms with E-state index in [1.54, 1.807) is 4.90 Å². The van der Waals surface area contributed by atoms with Gasteiger partial charge < -0.3 is 16.0 Å². The topological polar surface area (TPSA) is 75.4 Å². The van der Waals surface area contributed by atoms with Gasteiger partial charge in [-0.1, -0.05) is 0 Å². The molecule has 0 bridgehead atoms. The fourth-order valence-electron chi connectivity index (χ4n) is 2.35. The fourth-order valence-corrected chi connectivity index (χ4v) is 2.35. The summed E-state index contributed by atoms with van der Waals surface area (Å²) < 4.78 is 13.8. The normalized spacial score (nSPS) is 18.1. The molecule has 0 radical (unpaired) electrons. The van der Waals surface area contributed by atoms with E-state index in [1.165, 1.54) is 25.1 Å². The summed E-state index contributed by atoms with van der Waals surface area (Å²) in [5.74, 6) is -0.925. The number of likely N-dealkylation sites (tertiary alicyclic amines) is 1. The van der Waals surface area contributed by atoms with E-state index in [1.807, 2.05) is 0 Å². The summed E-state index contributed by atoms with van der Waals surface area (Å²) in [5, 5.41) is 2.54. The van der Waals surface area contributed by atoms with E-state index in [0.717, 1.165) is 6.42 Å². The van der Waals surface area contributed by atoms with Crippen LogP contribution in [0.2, 0.25) is 0 Å². The first-order chi connectivity index (χ1) is 9.51. The summed E-state index contributed by atoms with van der Waals surface area (Å²) >= 11 is 0. The second-order valence-corrected chi connectivity index (χ2v) is 5.02. The van der Waals surface area contributed by atoms with Crippen molar-refractivity contribution in [2.24, 2.45) is 11.7 Å². The Labute approximate surface area is 116 Å². The molecule has 0 aliphatic carbocycles. The van der Waals surface area contributed by atoms with Gasteiger partial charge in [-0.15, -0.1) is 0 Å². The van der Waals surface area contributed by atoms with Crippen LogP contribution in [0, 0.1) is 11.7 Å².